The van der Waals surface area contributed by atoms with E-state index < -0.39 is 5.60 Å². The Bertz CT molecular complexity index is 2160. The van der Waals surface area contributed by atoms with Crippen LogP contribution >= 0.6 is 0 Å². The second-order valence-corrected chi connectivity index (χ2v) is 13.0. The van der Waals surface area contributed by atoms with Crippen molar-refractivity contribution in [1.82, 2.24) is 0 Å². The summed E-state index contributed by atoms with van der Waals surface area (Å²) >= 11 is 0. The summed E-state index contributed by atoms with van der Waals surface area (Å²) in [5.74, 6) is 1.91. The Kier molecular flexibility index (Phi) is 6.82. The first-order valence-electron chi connectivity index (χ1n) is 16.9. The first kappa shape index (κ1) is 27.9. The van der Waals surface area contributed by atoms with Gasteiger partial charge in [0.15, 0.2) is 5.60 Å². The molecule has 2 heteroatoms. The van der Waals surface area contributed by atoms with Gasteiger partial charge in [-0.15, -0.1) is 0 Å². The van der Waals surface area contributed by atoms with Crippen molar-refractivity contribution in [2.75, 3.05) is 6.61 Å². The lowest BCUT2D eigenvalue weighted by molar-refractivity contribution is 0.163. The maximum absolute atomic E-state index is 7.54. The van der Waals surface area contributed by atoms with Crippen molar-refractivity contribution in [1.29, 1.82) is 0 Å². The summed E-state index contributed by atoms with van der Waals surface area (Å²) in [4.78, 5) is 0. The molecule has 1 atom stereocenters. The normalized spacial score (nSPS) is 17.9. The highest BCUT2D eigenvalue weighted by Gasteiger charge is 2.39. The molecule has 6 aromatic carbocycles. The van der Waals surface area contributed by atoms with Gasteiger partial charge in [-0.3, -0.25) is 0 Å². The van der Waals surface area contributed by atoms with Gasteiger partial charge in [-0.25, -0.2) is 0 Å². The highest BCUT2D eigenvalue weighted by molar-refractivity contribution is 6.06. The lowest BCUT2D eigenvalue weighted by atomic mass is 9.79. The molecule has 2 heterocycles. The van der Waals surface area contributed by atoms with Crippen LogP contribution in [0.4, 0.5) is 0 Å². The van der Waals surface area contributed by atoms with Gasteiger partial charge in [0.2, 0.25) is 0 Å². The van der Waals surface area contributed by atoms with Crippen LogP contribution in [0.2, 0.25) is 0 Å². The van der Waals surface area contributed by atoms with E-state index in [1.165, 1.54) is 62.7 Å². The number of hydrogen-bond acceptors (Lipinski definition) is 2. The van der Waals surface area contributed by atoms with E-state index in [0.29, 0.717) is 0 Å². The Morgan fingerprint density at radius 1 is 0.638 bits per heavy atom. The fourth-order valence-corrected chi connectivity index (χ4v) is 7.83. The fraction of sp³-hybridized carbons (Fsp3) is 0.156. The third-order valence-electron chi connectivity index (χ3n) is 10.2. The first-order valence-corrected chi connectivity index (χ1v) is 16.9. The van der Waals surface area contributed by atoms with Crippen LogP contribution in [-0.2, 0) is 18.4 Å². The molecule has 0 amide bonds. The van der Waals surface area contributed by atoms with Gasteiger partial charge in [0.25, 0.3) is 0 Å². The largest absolute Gasteiger partial charge is 0.493 e. The molecular formula is C45H36O2. The van der Waals surface area contributed by atoms with E-state index in [1.807, 2.05) is 0 Å². The summed E-state index contributed by atoms with van der Waals surface area (Å²) in [7, 11) is 0. The summed E-state index contributed by atoms with van der Waals surface area (Å²) < 4.78 is 13.7. The summed E-state index contributed by atoms with van der Waals surface area (Å²) in [5.41, 5.74) is 11.7. The quantitative estimate of drug-likeness (QED) is 0.175. The van der Waals surface area contributed by atoms with E-state index in [2.05, 4.69) is 146 Å². The van der Waals surface area contributed by atoms with E-state index in [1.54, 1.807) is 0 Å². The van der Waals surface area contributed by atoms with Gasteiger partial charge in [0.05, 0.1) is 6.61 Å². The molecule has 0 saturated heterocycles. The average molecular weight is 609 g/mol. The zero-order valence-corrected chi connectivity index (χ0v) is 26.4. The van der Waals surface area contributed by atoms with Gasteiger partial charge < -0.3 is 9.47 Å². The molecule has 6 aromatic rings. The highest BCUT2D eigenvalue weighted by atomic mass is 16.5. The predicted octanol–water partition coefficient (Wildman–Crippen LogP) is 11.1. The van der Waals surface area contributed by atoms with Crippen LogP contribution in [0.15, 0.2) is 145 Å². The minimum absolute atomic E-state index is 0.719. The van der Waals surface area contributed by atoms with E-state index >= 15 is 0 Å². The zero-order valence-electron chi connectivity index (χ0n) is 26.4. The van der Waals surface area contributed by atoms with Crippen LogP contribution in [-0.4, -0.2) is 6.61 Å². The molecular weight excluding hydrogens is 572 g/mol. The Morgan fingerprint density at radius 2 is 1.32 bits per heavy atom. The van der Waals surface area contributed by atoms with Crippen molar-refractivity contribution in [2.24, 2.45) is 0 Å². The van der Waals surface area contributed by atoms with Crippen LogP contribution in [0, 0.1) is 0 Å². The van der Waals surface area contributed by atoms with Crippen molar-refractivity contribution in [3.05, 3.63) is 173 Å². The van der Waals surface area contributed by atoms with Crippen molar-refractivity contribution in [3.63, 3.8) is 0 Å². The minimum atomic E-state index is -0.797. The summed E-state index contributed by atoms with van der Waals surface area (Å²) in [6.45, 7) is 0.719. The van der Waals surface area contributed by atoms with Crippen molar-refractivity contribution < 1.29 is 9.47 Å². The van der Waals surface area contributed by atoms with Crippen LogP contribution < -0.4 is 9.47 Å². The molecule has 3 aliphatic rings. The Hall–Kier alpha value is -5.34. The molecule has 2 aliphatic heterocycles. The summed E-state index contributed by atoms with van der Waals surface area (Å²) in [5, 5.41) is 2.35. The van der Waals surface area contributed by atoms with Gasteiger partial charge in [0.1, 0.15) is 11.5 Å². The smallest absolute Gasteiger partial charge is 0.178 e. The second kappa shape index (κ2) is 11.5. The van der Waals surface area contributed by atoms with Crippen LogP contribution in [0.3, 0.4) is 0 Å². The molecule has 9 rings (SSSR count). The Balaban J connectivity index is 1.30. The predicted molar refractivity (Wildman–Crippen MR) is 193 cm³/mol. The number of allylic oxidation sites excluding steroid dienone is 2. The number of hydrogen-bond donors (Lipinski definition) is 0. The second-order valence-electron chi connectivity index (χ2n) is 13.0. The number of fused-ring (bicyclic) bond motifs is 4. The number of ether oxygens (including phenoxy) is 2. The molecule has 1 unspecified atom stereocenters. The molecule has 0 spiro atoms. The summed E-state index contributed by atoms with van der Waals surface area (Å²) in [6, 6.07) is 45.7. The van der Waals surface area contributed by atoms with Gasteiger partial charge in [-0.1, -0.05) is 133 Å². The van der Waals surface area contributed by atoms with Crippen molar-refractivity contribution >= 4 is 16.8 Å². The third kappa shape index (κ3) is 4.79. The molecule has 0 N–H and O–H groups in total. The topological polar surface area (TPSA) is 18.5 Å². The molecule has 2 nitrogen and oxygen atoms in total. The molecule has 47 heavy (non-hydrogen) atoms. The average Bonchev–Trinajstić information content (AvgIpc) is 3.84. The zero-order chi connectivity index (χ0) is 31.2. The van der Waals surface area contributed by atoms with Crippen molar-refractivity contribution in [3.8, 4) is 33.8 Å². The van der Waals surface area contributed by atoms with Crippen LogP contribution in [0.1, 0.15) is 47.1 Å². The monoisotopic (exact) mass is 608 g/mol. The van der Waals surface area contributed by atoms with Crippen LogP contribution in [0.5, 0.6) is 11.5 Å². The maximum atomic E-state index is 7.54. The lowest BCUT2D eigenvalue weighted by Crippen LogP contribution is -2.34. The molecule has 0 aromatic heterocycles. The molecule has 0 radical (unpaired) electrons. The summed E-state index contributed by atoms with van der Waals surface area (Å²) in [6.07, 6.45) is 12.5. The molecule has 228 valence electrons. The fourth-order valence-electron chi connectivity index (χ4n) is 7.83. The van der Waals surface area contributed by atoms with Gasteiger partial charge in [-0.2, -0.15) is 0 Å². The minimum Gasteiger partial charge on any atom is -0.493 e. The van der Waals surface area contributed by atoms with E-state index in [9.17, 15) is 0 Å². The molecule has 0 saturated carbocycles. The first-order chi connectivity index (χ1) is 23.3. The van der Waals surface area contributed by atoms with Crippen molar-refractivity contribution in [2.45, 2.75) is 37.7 Å². The van der Waals surface area contributed by atoms with Gasteiger partial charge in [-0.05, 0) is 82.7 Å². The lowest BCUT2D eigenvalue weighted by Gasteiger charge is -2.38. The van der Waals surface area contributed by atoms with Gasteiger partial charge in [0, 0.05) is 28.5 Å². The van der Waals surface area contributed by atoms with Gasteiger partial charge >= 0.3 is 0 Å². The standard InChI is InChI=1S/C45H36O2/c1-4-14-32(15-5-1)33-20-22-37(23-21-33)45(36-18-8-3-9-19-36)26-24-38-39(28-31-12-10-11-13-31)43(34-16-6-2-7-17-34)40-29-35-25-27-46-42(35)30-41(40)44(38)47-45/h1-9,12,14-24,26,29-30H,10-11,13,25,27-28H2. The number of benzene rings is 6. The molecule has 0 bridgehead atoms. The molecule has 0 fully saturated rings. The Morgan fingerprint density at radius 3 is 2.04 bits per heavy atom. The Labute approximate surface area is 276 Å². The maximum Gasteiger partial charge on any atom is 0.178 e. The van der Waals surface area contributed by atoms with E-state index in [0.717, 1.165) is 53.9 Å². The van der Waals surface area contributed by atoms with E-state index in [4.69, 9.17) is 9.47 Å². The molecule has 1 aliphatic carbocycles. The van der Waals surface area contributed by atoms with Crippen LogP contribution in [0.25, 0.3) is 39.1 Å². The van der Waals surface area contributed by atoms with E-state index in [-0.39, 0.29) is 0 Å². The highest BCUT2D eigenvalue weighted by Crippen LogP contribution is 2.51. The number of rotatable bonds is 6. The third-order valence-corrected chi connectivity index (χ3v) is 10.2. The SMILES string of the molecule is C1=CC(c2ccccc2)(c2ccc(-c3ccccc3)cc2)Oc2c1c(CC1=CCCC1)c(-c1ccccc1)c1cc3c(cc21)OCC3.